The van der Waals surface area contributed by atoms with Gasteiger partial charge in [-0.25, -0.2) is 0 Å². The van der Waals surface area contributed by atoms with Gasteiger partial charge in [0.2, 0.25) is 17.6 Å². The number of hydrogen-bond donors (Lipinski definition) is 0. The van der Waals surface area contributed by atoms with Crippen molar-refractivity contribution in [3.8, 4) is 11.4 Å². The Morgan fingerprint density at radius 3 is 2.71 bits per heavy atom. The highest BCUT2D eigenvalue weighted by molar-refractivity contribution is 5.79. The molecule has 6 nitrogen and oxygen atoms in total. The molecular formula is C19H15F3N4O2. The van der Waals surface area contributed by atoms with Gasteiger partial charge in [-0.3, -0.25) is 9.78 Å². The Hall–Kier alpha value is -3.23. The van der Waals surface area contributed by atoms with Crippen LogP contribution in [0.3, 0.4) is 0 Å². The molecule has 9 heteroatoms. The maximum atomic E-state index is 12.9. The van der Waals surface area contributed by atoms with Gasteiger partial charge >= 0.3 is 6.18 Å². The third-order valence-electron chi connectivity index (χ3n) is 4.57. The predicted molar refractivity (Wildman–Crippen MR) is 91.7 cm³/mol. The Bertz CT molecular complexity index is 988. The molecule has 28 heavy (non-hydrogen) atoms. The maximum absolute atomic E-state index is 12.9. The van der Waals surface area contributed by atoms with E-state index in [-0.39, 0.29) is 24.8 Å². The standard InChI is InChI=1S/C19H15F3N4O2/c20-19(21,22)15-3-1-2-12(8-15)10-26-11-14(9-16(26)27)18-24-17(25-28-18)13-4-6-23-7-5-13/h1-8,14H,9-11H2. The van der Waals surface area contributed by atoms with Gasteiger partial charge in [0.05, 0.1) is 11.5 Å². The molecule has 1 atom stereocenters. The number of carbonyl (C=O) groups is 1. The number of nitrogens with zero attached hydrogens (tertiary/aromatic N) is 4. The number of amides is 1. The molecule has 144 valence electrons. The van der Waals surface area contributed by atoms with Crippen LogP contribution < -0.4 is 0 Å². The monoisotopic (exact) mass is 388 g/mol. The van der Waals surface area contributed by atoms with Crippen molar-refractivity contribution in [1.29, 1.82) is 0 Å². The van der Waals surface area contributed by atoms with E-state index < -0.39 is 11.7 Å². The van der Waals surface area contributed by atoms with E-state index in [2.05, 4.69) is 15.1 Å². The van der Waals surface area contributed by atoms with Crippen LogP contribution in [0.2, 0.25) is 0 Å². The summed E-state index contributed by atoms with van der Waals surface area (Å²) in [6, 6.07) is 8.48. The SMILES string of the molecule is O=C1CC(c2nc(-c3ccncc3)no2)CN1Cc1cccc(C(F)(F)F)c1. The van der Waals surface area contributed by atoms with Gasteiger partial charge in [0, 0.05) is 37.5 Å². The summed E-state index contributed by atoms with van der Waals surface area (Å²) >= 11 is 0. The average Bonchev–Trinajstić information content (AvgIpc) is 3.30. The molecular weight excluding hydrogens is 373 g/mol. The fraction of sp³-hybridized carbons (Fsp3) is 0.263. The number of halogens is 3. The van der Waals surface area contributed by atoms with E-state index in [1.54, 1.807) is 30.6 Å². The van der Waals surface area contributed by atoms with Crippen molar-refractivity contribution in [2.24, 2.45) is 0 Å². The fourth-order valence-corrected chi connectivity index (χ4v) is 3.18. The average molecular weight is 388 g/mol. The zero-order valence-electron chi connectivity index (χ0n) is 14.6. The van der Waals surface area contributed by atoms with Crippen molar-refractivity contribution in [3.63, 3.8) is 0 Å². The van der Waals surface area contributed by atoms with E-state index in [1.807, 2.05) is 0 Å². The Labute approximate surface area is 158 Å². The van der Waals surface area contributed by atoms with Crippen LogP contribution in [0, 0.1) is 0 Å². The lowest BCUT2D eigenvalue weighted by Gasteiger charge is -2.17. The van der Waals surface area contributed by atoms with Crippen LogP contribution in [0.4, 0.5) is 13.2 Å². The zero-order chi connectivity index (χ0) is 19.7. The molecule has 1 unspecified atom stereocenters. The van der Waals surface area contributed by atoms with Crippen molar-refractivity contribution in [1.82, 2.24) is 20.0 Å². The highest BCUT2D eigenvalue weighted by atomic mass is 19.4. The van der Waals surface area contributed by atoms with Crippen LogP contribution in [0.1, 0.15) is 29.4 Å². The van der Waals surface area contributed by atoms with Gasteiger partial charge in [0.25, 0.3) is 0 Å². The van der Waals surface area contributed by atoms with E-state index >= 15 is 0 Å². The van der Waals surface area contributed by atoms with Gasteiger partial charge in [0.1, 0.15) is 0 Å². The van der Waals surface area contributed by atoms with Crippen LogP contribution in [0.25, 0.3) is 11.4 Å². The first kappa shape index (κ1) is 18.1. The van der Waals surface area contributed by atoms with Crippen LogP contribution in [-0.4, -0.2) is 32.5 Å². The summed E-state index contributed by atoms with van der Waals surface area (Å²) in [6.07, 6.45) is -1.01. The molecule has 2 aromatic heterocycles. The second-order valence-electron chi connectivity index (χ2n) is 6.57. The minimum absolute atomic E-state index is 0.102. The molecule has 1 fully saturated rings. The van der Waals surface area contributed by atoms with Crippen molar-refractivity contribution in [2.75, 3.05) is 6.54 Å². The highest BCUT2D eigenvalue weighted by Gasteiger charge is 2.35. The number of likely N-dealkylation sites (tertiary alicyclic amines) is 1. The summed E-state index contributed by atoms with van der Waals surface area (Å²) in [6.45, 7) is 0.414. The molecule has 4 rings (SSSR count). The molecule has 0 bridgehead atoms. The third-order valence-corrected chi connectivity index (χ3v) is 4.57. The minimum Gasteiger partial charge on any atom is -0.339 e. The quantitative estimate of drug-likeness (QED) is 0.682. The van der Waals surface area contributed by atoms with Crippen LogP contribution in [0.5, 0.6) is 0 Å². The van der Waals surface area contributed by atoms with E-state index in [4.69, 9.17) is 4.52 Å². The molecule has 1 aromatic carbocycles. The van der Waals surface area contributed by atoms with Gasteiger partial charge in [-0.15, -0.1) is 0 Å². The summed E-state index contributed by atoms with van der Waals surface area (Å²) < 4.78 is 43.9. The van der Waals surface area contributed by atoms with Crippen LogP contribution in [-0.2, 0) is 17.5 Å². The molecule has 1 aliphatic rings. The Morgan fingerprint density at radius 1 is 1.18 bits per heavy atom. The molecule has 3 heterocycles. The van der Waals surface area contributed by atoms with Crippen LogP contribution in [0.15, 0.2) is 53.3 Å². The number of hydrogen-bond acceptors (Lipinski definition) is 5. The van der Waals surface area contributed by atoms with Crippen molar-refractivity contribution in [3.05, 3.63) is 65.8 Å². The van der Waals surface area contributed by atoms with Crippen LogP contribution >= 0.6 is 0 Å². The summed E-state index contributed by atoms with van der Waals surface area (Å²) in [5.74, 6) is 0.292. The number of pyridine rings is 1. The summed E-state index contributed by atoms with van der Waals surface area (Å²) in [4.78, 5) is 22.1. The van der Waals surface area contributed by atoms with E-state index in [1.165, 1.54) is 11.0 Å². The summed E-state index contributed by atoms with van der Waals surface area (Å²) in [7, 11) is 0. The molecule has 3 aromatic rings. The number of carbonyl (C=O) groups excluding carboxylic acids is 1. The second kappa shape index (κ2) is 7.06. The molecule has 1 amide bonds. The maximum Gasteiger partial charge on any atom is 0.416 e. The number of alkyl halides is 3. The van der Waals surface area contributed by atoms with E-state index in [0.717, 1.165) is 17.7 Å². The van der Waals surface area contributed by atoms with Gasteiger partial charge < -0.3 is 9.42 Å². The molecule has 0 radical (unpaired) electrons. The first-order valence-electron chi connectivity index (χ1n) is 8.58. The zero-order valence-corrected chi connectivity index (χ0v) is 14.6. The molecule has 1 aliphatic heterocycles. The highest BCUT2D eigenvalue weighted by Crippen LogP contribution is 2.32. The minimum atomic E-state index is -4.42. The third kappa shape index (κ3) is 3.73. The smallest absolute Gasteiger partial charge is 0.339 e. The lowest BCUT2D eigenvalue weighted by Crippen LogP contribution is -2.24. The van der Waals surface area contributed by atoms with Crippen molar-refractivity contribution in [2.45, 2.75) is 25.1 Å². The number of benzene rings is 1. The lowest BCUT2D eigenvalue weighted by molar-refractivity contribution is -0.137. The molecule has 0 N–H and O–H groups in total. The Morgan fingerprint density at radius 2 is 1.96 bits per heavy atom. The van der Waals surface area contributed by atoms with Crippen molar-refractivity contribution >= 4 is 5.91 Å². The van der Waals surface area contributed by atoms with Gasteiger partial charge in [-0.05, 0) is 29.8 Å². The Balaban J connectivity index is 1.47. The fourth-order valence-electron chi connectivity index (χ4n) is 3.18. The normalized spacial score (nSPS) is 17.3. The predicted octanol–water partition coefficient (Wildman–Crippen LogP) is 3.67. The number of aromatic nitrogens is 3. The summed E-state index contributed by atoms with van der Waals surface area (Å²) in [5.41, 5.74) is 0.439. The first-order valence-corrected chi connectivity index (χ1v) is 8.58. The second-order valence-corrected chi connectivity index (χ2v) is 6.57. The summed E-state index contributed by atoms with van der Waals surface area (Å²) in [5, 5.41) is 3.94. The molecule has 0 spiro atoms. The Kier molecular flexibility index (Phi) is 4.58. The number of rotatable bonds is 4. The van der Waals surface area contributed by atoms with Gasteiger partial charge in [0.15, 0.2) is 0 Å². The van der Waals surface area contributed by atoms with Gasteiger partial charge in [-0.1, -0.05) is 17.3 Å². The largest absolute Gasteiger partial charge is 0.416 e. The van der Waals surface area contributed by atoms with Gasteiger partial charge in [-0.2, -0.15) is 18.2 Å². The van der Waals surface area contributed by atoms with E-state index in [9.17, 15) is 18.0 Å². The van der Waals surface area contributed by atoms with E-state index in [0.29, 0.717) is 23.8 Å². The molecule has 0 aliphatic carbocycles. The lowest BCUT2D eigenvalue weighted by atomic mass is 10.1. The topological polar surface area (TPSA) is 72.1 Å². The van der Waals surface area contributed by atoms with Crippen molar-refractivity contribution < 1.29 is 22.5 Å². The molecule has 0 saturated carbocycles. The first-order chi connectivity index (χ1) is 13.4. The molecule has 1 saturated heterocycles.